The monoisotopic (exact) mass is 358 g/mol. The predicted molar refractivity (Wildman–Crippen MR) is 101 cm³/mol. The number of sulfonamides is 1. The van der Waals surface area contributed by atoms with Crippen molar-refractivity contribution in [2.45, 2.75) is 31.7 Å². The van der Waals surface area contributed by atoms with E-state index in [9.17, 15) is 8.42 Å². The summed E-state index contributed by atoms with van der Waals surface area (Å²) in [4.78, 5) is 2.71. The Balaban J connectivity index is 1.60. The molecule has 0 N–H and O–H groups in total. The van der Waals surface area contributed by atoms with E-state index >= 15 is 0 Å². The van der Waals surface area contributed by atoms with Gasteiger partial charge in [0.05, 0.1) is 4.90 Å². The van der Waals surface area contributed by atoms with Crippen LogP contribution in [0.1, 0.15) is 23.6 Å². The Morgan fingerprint density at radius 2 is 1.40 bits per heavy atom. The van der Waals surface area contributed by atoms with E-state index in [0.717, 1.165) is 31.6 Å². The molecule has 2 aromatic carbocycles. The summed E-state index contributed by atoms with van der Waals surface area (Å²) in [5.41, 5.74) is 3.70. The standard InChI is InChI=1S/C20H26N2O2S/c1-3-18-6-8-19(9-7-18)16-21-12-14-22(15-13-21)25(23,24)20-10-4-17(2)5-11-20/h4-11H,3,12-16H2,1-2H3. The Hall–Kier alpha value is -1.69. The van der Waals surface area contributed by atoms with Gasteiger partial charge in [0.1, 0.15) is 0 Å². The highest BCUT2D eigenvalue weighted by molar-refractivity contribution is 7.89. The summed E-state index contributed by atoms with van der Waals surface area (Å²) in [6.45, 7) is 7.61. The van der Waals surface area contributed by atoms with Gasteiger partial charge in [0.15, 0.2) is 0 Å². The first-order chi connectivity index (χ1) is 12.0. The van der Waals surface area contributed by atoms with Crippen LogP contribution in [0.25, 0.3) is 0 Å². The minimum atomic E-state index is -3.38. The van der Waals surface area contributed by atoms with Crippen LogP contribution in [0.3, 0.4) is 0 Å². The van der Waals surface area contributed by atoms with Gasteiger partial charge in [0.25, 0.3) is 0 Å². The van der Waals surface area contributed by atoms with E-state index in [1.165, 1.54) is 11.1 Å². The molecule has 0 aliphatic carbocycles. The highest BCUT2D eigenvalue weighted by Gasteiger charge is 2.28. The van der Waals surface area contributed by atoms with Crippen LogP contribution in [0.15, 0.2) is 53.4 Å². The van der Waals surface area contributed by atoms with E-state index in [2.05, 4.69) is 36.1 Å². The summed E-state index contributed by atoms with van der Waals surface area (Å²) in [5.74, 6) is 0. The van der Waals surface area contributed by atoms with Gasteiger partial charge in [-0.25, -0.2) is 8.42 Å². The Morgan fingerprint density at radius 3 is 1.96 bits per heavy atom. The fourth-order valence-electron chi connectivity index (χ4n) is 3.13. The van der Waals surface area contributed by atoms with Crippen LogP contribution in [-0.2, 0) is 23.0 Å². The van der Waals surface area contributed by atoms with Crippen LogP contribution in [0, 0.1) is 6.92 Å². The van der Waals surface area contributed by atoms with Crippen molar-refractivity contribution in [1.29, 1.82) is 0 Å². The van der Waals surface area contributed by atoms with Gasteiger partial charge in [0, 0.05) is 32.7 Å². The average molecular weight is 359 g/mol. The number of benzene rings is 2. The van der Waals surface area contributed by atoms with Gasteiger partial charge >= 0.3 is 0 Å². The van der Waals surface area contributed by atoms with E-state index in [1.807, 2.05) is 19.1 Å². The molecule has 0 aromatic heterocycles. The average Bonchev–Trinajstić information content (AvgIpc) is 2.63. The minimum Gasteiger partial charge on any atom is -0.296 e. The Kier molecular flexibility index (Phi) is 5.57. The van der Waals surface area contributed by atoms with E-state index in [4.69, 9.17) is 0 Å². The number of nitrogens with zero attached hydrogens (tertiary/aromatic N) is 2. The zero-order chi connectivity index (χ0) is 17.9. The topological polar surface area (TPSA) is 40.6 Å². The van der Waals surface area contributed by atoms with Gasteiger partial charge in [-0.15, -0.1) is 0 Å². The smallest absolute Gasteiger partial charge is 0.243 e. The van der Waals surface area contributed by atoms with Gasteiger partial charge < -0.3 is 0 Å². The van der Waals surface area contributed by atoms with Crippen LogP contribution in [0.4, 0.5) is 0 Å². The number of hydrogen-bond acceptors (Lipinski definition) is 3. The Morgan fingerprint density at radius 1 is 0.840 bits per heavy atom. The summed E-state index contributed by atoms with van der Waals surface area (Å²) in [7, 11) is -3.38. The second kappa shape index (κ2) is 7.68. The van der Waals surface area contributed by atoms with Crippen molar-refractivity contribution >= 4 is 10.0 Å². The lowest BCUT2D eigenvalue weighted by molar-refractivity contribution is 0.181. The molecule has 0 unspecified atom stereocenters. The third kappa shape index (κ3) is 4.29. The second-order valence-electron chi connectivity index (χ2n) is 6.66. The highest BCUT2D eigenvalue weighted by atomic mass is 32.2. The maximum atomic E-state index is 12.7. The molecule has 4 nitrogen and oxygen atoms in total. The summed E-state index contributed by atoms with van der Waals surface area (Å²) < 4.78 is 27.1. The third-order valence-electron chi connectivity index (χ3n) is 4.83. The lowest BCUT2D eigenvalue weighted by atomic mass is 10.1. The van der Waals surface area contributed by atoms with E-state index < -0.39 is 10.0 Å². The molecule has 0 atom stereocenters. The van der Waals surface area contributed by atoms with Crippen LogP contribution in [-0.4, -0.2) is 43.8 Å². The SMILES string of the molecule is CCc1ccc(CN2CCN(S(=O)(=O)c3ccc(C)cc3)CC2)cc1. The summed E-state index contributed by atoms with van der Waals surface area (Å²) in [6, 6.07) is 15.8. The van der Waals surface area contributed by atoms with Crippen LogP contribution >= 0.6 is 0 Å². The molecule has 0 bridgehead atoms. The Bertz CT molecular complexity index is 791. The van der Waals surface area contributed by atoms with Crippen molar-refractivity contribution in [1.82, 2.24) is 9.21 Å². The van der Waals surface area contributed by atoms with Gasteiger partial charge in [-0.05, 0) is 36.6 Å². The molecule has 134 valence electrons. The van der Waals surface area contributed by atoms with Crippen LogP contribution in [0.2, 0.25) is 0 Å². The zero-order valence-corrected chi connectivity index (χ0v) is 15.8. The fraction of sp³-hybridized carbons (Fsp3) is 0.400. The van der Waals surface area contributed by atoms with Gasteiger partial charge in [0.2, 0.25) is 10.0 Å². The molecule has 0 amide bonds. The van der Waals surface area contributed by atoms with Crippen molar-refractivity contribution in [3.63, 3.8) is 0 Å². The molecule has 1 heterocycles. The molecule has 0 radical (unpaired) electrons. The predicted octanol–water partition coefficient (Wildman–Crippen LogP) is 3.06. The molecule has 1 saturated heterocycles. The van der Waals surface area contributed by atoms with E-state index in [1.54, 1.807) is 16.4 Å². The van der Waals surface area contributed by atoms with Gasteiger partial charge in [-0.1, -0.05) is 48.9 Å². The van der Waals surface area contributed by atoms with Crippen molar-refractivity contribution in [2.24, 2.45) is 0 Å². The third-order valence-corrected chi connectivity index (χ3v) is 6.74. The number of hydrogen-bond donors (Lipinski definition) is 0. The Labute approximate surface area is 151 Å². The quantitative estimate of drug-likeness (QED) is 0.825. The molecule has 0 spiro atoms. The largest absolute Gasteiger partial charge is 0.296 e. The van der Waals surface area contributed by atoms with Gasteiger partial charge in [-0.3, -0.25) is 4.90 Å². The molecule has 1 aliphatic heterocycles. The molecule has 3 rings (SSSR count). The van der Waals surface area contributed by atoms with Crippen LogP contribution in [0.5, 0.6) is 0 Å². The molecular weight excluding hydrogens is 332 g/mol. The molecule has 25 heavy (non-hydrogen) atoms. The number of piperazine rings is 1. The van der Waals surface area contributed by atoms with E-state index in [-0.39, 0.29) is 0 Å². The maximum absolute atomic E-state index is 12.7. The summed E-state index contributed by atoms with van der Waals surface area (Å²) in [5, 5.41) is 0. The first-order valence-corrected chi connectivity index (χ1v) is 10.3. The lowest BCUT2D eigenvalue weighted by Crippen LogP contribution is -2.48. The maximum Gasteiger partial charge on any atom is 0.243 e. The van der Waals surface area contributed by atoms with E-state index in [0.29, 0.717) is 18.0 Å². The molecule has 0 saturated carbocycles. The summed E-state index contributed by atoms with van der Waals surface area (Å²) in [6.07, 6.45) is 1.05. The molecule has 1 fully saturated rings. The normalized spacial score (nSPS) is 16.9. The molecule has 5 heteroatoms. The molecular formula is C20H26N2O2S. The fourth-order valence-corrected chi connectivity index (χ4v) is 4.55. The molecule has 1 aliphatic rings. The van der Waals surface area contributed by atoms with Crippen molar-refractivity contribution in [3.8, 4) is 0 Å². The first-order valence-electron chi connectivity index (χ1n) is 8.86. The first kappa shape index (κ1) is 18.1. The highest BCUT2D eigenvalue weighted by Crippen LogP contribution is 2.19. The second-order valence-corrected chi connectivity index (χ2v) is 8.60. The van der Waals surface area contributed by atoms with Gasteiger partial charge in [-0.2, -0.15) is 4.31 Å². The molecule has 2 aromatic rings. The van der Waals surface area contributed by atoms with Crippen molar-refractivity contribution < 1.29 is 8.42 Å². The minimum absolute atomic E-state index is 0.390. The van der Waals surface area contributed by atoms with Crippen LogP contribution < -0.4 is 0 Å². The van der Waals surface area contributed by atoms with Crippen molar-refractivity contribution in [3.05, 3.63) is 65.2 Å². The summed E-state index contributed by atoms with van der Waals surface area (Å²) >= 11 is 0. The number of rotatable bonds is 5. The van der Waals surface area contributed by atoms with Crippen molar-refractivity contribution in [2.75, 3.05) is 26.2 Å². The zero-order valence-electron chi connectivity index (χ0n) is 15.0. The number of aryl methyl sites for hydroxylation is 2. The lowest BCUT2D eigenvalue weighted by Gasteiger charge is -2.34.